The number of hydrogen-bond donors (Lipinski definition) is 2. The molecule has 0 radical (unpaired) electrons. The van der Waals surface area contributed by atoms with Gasteiger partial charge in [-0.25, -0.2) is 4.98 Å². The van der Waals surface area contributed by atoms with Crippen LogP contribution < -0.4 is 10.6 Å². The lowest BCUT2D eigenvalue weighted by molar-refractivity contribution is 0.161. The Kier molecular flexibility index (Phi) is 13.0. The minimum Gasteiger partial charge on any atom is -0.359 e. The van der Waals surface area contributed by atoms with E-state index in [1.807, 2.05) is 46.0 Å². The minimum absolute atomic E-state index is 0.444. The molecule has 0 saturated carbocycles. The van der Waals surface area contributed by atoms with E-state index in [0.717, 1.165) is 59.7 Å². The van der Waals surface area contributed by atoms with Crippen LogP contribution in [0.3, 0.4) is 0 Å². The number of likely N-dealkylation sites (tertiary alicyclic amines) is 1. The van der Waals surface area contributed by atoms with Gasteiger partial charge in [0.2, 0.25) is 0 Å². The normalized spacial score (nSPS) is 13.5. The SMILES string of the molecule is C=C(Nc1ccc(Cl)cn1)c1cc(-c2cccnc2)ccc1NC(=C)C1CCN(C(C)C)CC1.CC.CC. The molecule has 1 saturated heterocycles. The summed E-state index contributed by atoms with van der Waals surface area (Å²) in [6.07, 6.45) is 7.49. The molecule has 38 heavy (non-hydrogen) atoms. The maximum absolute atomic E-state index is 6.00. The number of allylic oxidation sites excluding steroid dienone is 1. The third-order valence-corrected chi connectivity index (χ3v) is 6.62. The molecule has 0 bridgehead atoms. The van der Waals surface area contributed by atoms with Gasteiger partial charge in [-0.2, -0.15) is 0 Å². The molecule has 2 aromatic heterocycles. The molecule has 2 N–H and O–H groups in total. The van der Waals surface area contributed by atoms with Gasteiger partial charge >= 0.3 is 0 Å². The molecule has 1 aromatic carbocycles. The largest absolute Gasteiger partial charge is 0.359 e. The highest BCUT2D eigenvalue weighted by atomic mass is 35.5. The second kappa shape index (κ2) is 16.0. The lowest BCUT2D eigenvalue weighted by Crippen LogP contribution is -2.39. The zero-order valence-electron chi connectivity index (χ0n) is 23.9. The molecule has 3 aromatic rings. The van der Waals surface area contributed by atoms with Crippen molar-refractivity contribution in [3.05, 3.63) is 90.5 Å². The van der Waals surface area contributed by atoms with Crippen LogP contribution in [0.2, 0.25) is 5.02 Å². The third kappa shape index (κ3) is 8.71. The fourth-order valence-corrected chi connectivity index (χ4v) is 4.44. The summed E-state index contributed by atoms with van der Waals surface area (Å²) in [5.41, 5.74) is 5.83. The summed E-state index contributed by atoms with van der Waals surface area (Å²) in [6.45, 7) is 23.4. The maximum Gasteiger partial charge on any atom is 0.130 e. The molecule has 204 valence electrons. The Morgan fingerprint density at radius 3 is 2.24 bits per heavy atom. The predicted molar refractivity (Wildman–Crippen MR) is 166 cm³/mol. The van der Waals surface area contributed by atoms with Crippen molar-refractivity contribution in [2.45, 2.75) is 60.4 Å². The van der Waals surface area contributed by atoms with Gasteiger partial charge in [0, 0.05) is 58.8 Å². The maximum atomic E-state index is 6.00. The van der Waals surface area contributed by atoms with Gasteiger partial charge in [0.15, 0.2) is 0 Å². The Morgan fingerprint density at radius 1 is 0.947 bits per heavy atom. The number of anilines is 2. The van der Waals surface area contributed by atoms with Crippen LogP contribution in [-0.2, 0) is 0 Å². The Labute approximate surface area is 235 Å². The zero-order valence-corrected chi connectivity index (χ0v) is 24.6. The first-order valence-electron chi connectivity index (χ1n) is 13.7. The van der Waals surface area contributed by atoms with Crippen molar-refractivity contribution < 1.29 is 0 Å². The predicted octanol–water partition coefficient (Wildman–Crippen LogP) is 8.98. The fourth-order valence-electron chi connectivity index (χ4n) is 4.33. The van der Waals surface area contributed by atoms with Crippen molar-refractivity contribution in [3.8, 4) is 11.1 Å². The van der Waals surface area contributed by atoms with Gasteiger partial charge in [-0.05, 0) is 75.7 Å². The standard InChI is InChI=1S/C28H32ClN5.2C2H6/c1-19(2)34-14-11-22(12-15-34)20(3)32-27-9-7-23(24-6-5-13-30-17-24)16-26(27)21(4)33-28-10-8-25(29)18-31-28;2*1-2/h5-10,13,16-19,22,32H,3-4,11-12,14-15H2,1-2H3,(H,31,33);2*1-2H3. The molecule has 3 heterocycles. The second-order valence-electron chi connectivity index (χ2n) is 9.02. The van der Waals surface area contributed by atoms with Gasteiger partial charge in [0.25, 0.3) is 0 Å². The van der Waals surface area contributed by atoms with E-state index in [0.29, 0.717) is 22.8 Å². The molecule has 0 unspecified atom stereocenters. The topological polar surface area (TPSA) is 53.1 Å². The Hall–Kier alpha value is -3.15. The van der Waals surface area contributed by atoms with E-state index in [1.54, 1.807) is 18.5 Å². The van der Waals surface area contributed by atoms with Crippen LogP contribution in [0.15, 0.2) is 79.9 Å². The number of piperidine rings is 1. The summed E-state index contributed by atoms with van der Waals surface area (Å²) in [5, 5.41) is 7.52. The van der Waals surface area contributed by atoms with E-state index < -0.39 is 0 Å². The van der Waals surface area contributed by atoms with Gasteiger partial charge in [0.05, 0.1) is 5.02 Å². The van der Waals surface area contributed by atoms with Crippen LogP contribution in [0.4, 0.5) is 11.5 Å². The molecule has 0 amide bonds. The minimum atomic E-state index is 0.444. The number of benzene rings is 1. The van der Waals surface area contributed by atoms with Crippen LogP contribution in [0, 0.1) is 5.92 Å². The summed E-state index contributed by atoms with van der Waals surface area (Å²) in [5.74, 6) is 1.13. The van der Waals surface area contributed by atoms with E-state index in [2.05, 4.69) is 76.8 Å². The quantitative estimate of drug-likeness (QED) is 0.302. The van der Waals surface area contributed by atoms with Crippen LogP contribution in [0.1, 0.15) is 59.9 Å². The first-order chi connectivity index (χ1) is 18.4. The lowest BCUT2D eigenvalue weighted by atomic mass is 9.92. The molecular weight excluding hydrogens is 490 g/mol. The Morgan fingerprint density at radius 2 is 1.66 bits per heavy atom. The second-order valence-corrected chi connectivity index (χ2v) is 9.46. The van der Waals surface area contributed by atoms with Gasteiger partial charge in [-0.3, -0.25) is 4.98 Å². The van der Waals surface area contributed by atoms with Crippen molar-refractivity contribution in [2.24, 2.45) is 5.92 Å². The van der Waals surface area contributed by atoms with E-state index >= 15 is 0 Å². The van der Waals surface area contributed by atoms with Gasteiger partial charge in [0.1, 0.15) is 5.82 Å². The lowest BCUT2D eigenvalue weighted by Gasteiger charge is -2.35. The van der Waals surface area contributed by atoms with Crippen LogP contribution in [0.5, 0.6) is 0 Å². The van der Waals surface area contributed by atoms with Crippen molar-refractivity contribution in [1.82, 2.24) is 14.9 Å². The van der Waals surface area contributed by atoms with Crippen molar-refractivity contribution in [2.75, 3.05) is 23.7 Å². The molecule has 4 rings (SSSR count). The molecule has 1 aliphatic rings. The summed E-state index contributed by atoms with van der Waals surface area (Å²) in [6, 6.07) is 14.5. The summed E-state index contributed by atoms with van der Waals surface area (Å²) in [7, 11) is 0. The fraction of sp³-hybridized carbons (Fsp3) is 0.375. The number of halogens is 1. The average molecular weight is 534 g/mol. The molecule has 0 spiro atoms. The molecule has 6 heteroatoms. The molecule has 5 nitrogen and oxygen atoms in total. The highest BCUT2D eigenvalue weighted by Gasteiger charge is 2.23. The molecule has 1 aliphatic heterocycles. The molecular formula is C32H44ClN5. The van der Waals surface area contributed by atoms with E-state index in [1.165, 1.54) is 0 Å². The number of rotatable bonds is 8. The highest BCUT2D eigenvalue weighted by molar-refractivity contribution is 6.30. The van der Waals surface area contributed by atoms with Gasteiger partial charge in [-0.1, -0.05) is 64.6 Å². The van der Waals surface area contributed by atoms with E-state index in [4.69, 9.17) is 11.6 Å². The number of hydrogen-bond acceptors (Lipinski definition) is 5. The summed E-state index contributed by atoms with van der Waals surface area (Å²) in [4.78, 5) is 11.2. The average Bonchev–Trinajstić information content (AvgIpc) is 2.97. The number of nitrogens with zero attached hydrogens (tertiary/aromatic N) is 3. The van der Waals surface area contributed by atoms with Crippen LogP contribution in [0.25, 0.3) is 16.8 Å². The number of nitrogens with one attached hydrogen (secondary N) is 2. The van der Waals surface area contributed by atoms with Gasteiger partial charge in [-0.15, -0.1) is 0 Å². The monoisotopic (exact) mass is 533 g/mol. The Bertz CT molecular complexity index is 1130. The first-order valence-corrected chi connectivity index (χ1v) is 14.1. The smallest absolute Gasteiger partial charge is 0.130 e. The molecule has 0 atom stereocenters. The van der Waals surface area contributed by atoms with E-state index in [9.17, 15) is 0 Å². The van der Waals surface area contributed by atoms with Crippen molar-refractivity contribution in [3.63, 3.8) is 0 Å². The summed E-state index contributed by atoms with van der Waals surface area (Å²) >= 11 is 6.00. The number of aromatic nitrogens is 2. The number of pyridine rings is 2. The Balaban J connectivity index is 0.00000121. The van der Waals surface area contributed by atoms with E-state index in [-0.39, 0.29) is 0 Å². The molecule has 1 fully saturated rings. The third-order valence-electron chi connectivity index (χ3n) is 6.39. The zero-order chi connectivity index (χ0) is 28.1. The van der Waals surface area contributed by atoms with Crippen LogP contribution in [-0.4, -0.2) is 34.0 Å². The van der Waals surface area contributed by atoms with Gasteiger partial charge < -0.3 is 15.5 Å². The first kappa shape index (κ1) is 31.1. The highest BCUT2D eigenvalue weighted by Crippen LogP contribution is 2.33. The van der Waals surface area contributed by atoms with Crippen LogP contribution >= 0.6 is 11.6 Å². The van der Waals surface area contributed by atoms with Crippen molar-refractivity contribution in [1.29, 1.82) is 0 Å². The molecule has 0 aliphatic carbocycles. The summed E-state index contributed by atoms with van der Waals surface area (Å²) < 4.78 is 0. The van der Waals surface area contributed by atoms with Crippen molar-refractivity contribution >= 4 is 28.8 Å².